The summed E-state index contributed by atoms with van der Waals surface area (Å²) in [7, 11) is 0. The summed E-state index contributed by atoms with van der Waals surface area (Å²) < 4.78 is 11.0. The van der Waals surface area contributed by atoms with Crippen molar-refractivity contribution in [2.75, 3.05) is 0 Å². The number of allylic oxidation sites excluding steroid dienone is 1. The van der Waals surface area contributed by atoms with Crippen LogP contribution in [0.1, 0.15) is 27.0 Å². The van der Waals surface area contributed by atoms with Gasteiger partial charge < -0.3 is 9.47 Å². The summed E-state index contributed by atoms with van der Waals surface area (Å²) in [4.78, 5) is 24.6. The first-order chi connectivity index (χ1) is 14.1. The fourth-order valence-corrected chi connectivity index (χ4v) is 3.02. The summed E-state index contributed by atoms with van der Waals surface area (Å²) in [6, 6.07) is 22.0. The van der Waals surface area contributed by atoms with Crippen LogP contribution in [0.25, 0.3) is 12.2 Å². The van der Waals surface area contributed by atoms with Crippen molar-refractivity contribution in [2.24, 2.45) is 0 Å². The molecule has 1 aliphatic heterocycles. The van der Waals surface area contributed by atoms with Crippen LogP contribution in [0.2, 0.25) is 0 Å². The van der Waals surface area contributed by atoms with E-state index in [-0.39, 0.29) is 11.5 Å². The van der Waals surface area contributed by atoms with Crippen molar-refractivity contribution >= 4 is 23.9 Å². The molecule has 1 heterocycles. The molecule has 3 aromatic rings. The number of fused-ring (bicyclic) bond motifs is 1. The van der Waals surface area contributed by atoms with Crippen molar-refractivity contribution in [2.45, 2.75) is 6.92 Å². The summed E-state index contributed by atoms with van der Waals surface area (Å²) >= 11 is 0. The quantitative estimate of drug-likeness (QED) is 0.352. The van der Waals surface area contributed by atoms with Gasteiger partial charge in [-0.15, -0.1) is 0 Å². The molecule has 142 valence electrons. The molecule has 0 saturated carbocycles. The summed E-state index contributed by atoms with van der Waals surface area (Å²) in [5.41, 5.74) is 3.33. The van der Waals surface area contributed by atoms with Crippen molar-refractivity contribution in [1.82, 2.24) is 0 Å². The lowest BCUT2D eigenvalue weighted by atomic mass is 10.1. The maximum absolute atomic E-state index is 12.6. The van der Waals surface area contributed by atoms with E-state index >= 15 is 0 Å². The Balaban J connectivity index is 1.49. The number of hydrogen-bond acceptors (Lipinski definition) is 4. The molecule has 0 bridgehead atoms. The number of benzene rings is 3. The molecule has 1 aliphatic rings. The first kappa shape index (κ1) is 18.4. The molecule has 0 aliphatic carbocycles. The first-order valence-electron chi connectivity index (χ1n) is 9.18. The van der Waals surface area contributed by atoms with Crippen LogP contribution in [0.15, 0.2) is 84.6 Å². The standard InChI is InChI=1S/C25H18O4/c1-17-6-5-9-19(14-17)15-23-25(27)21-12-11-20(16-22(21)29-23)28-24(26)13-10-18-7-3-2-4-8-18/h2-16H,1H3/b13-10+,23-15-. The van der Waals surface area contributed by atoms with Gasteiger partial charge in [-0.05, 0) is 42.3 Å². The highest BCUT2D eigenvalue weighted by Crippen LogP contribution is 2.35. The molecule has 4 heteroatoms. The average molecular weight is 382 g/mol. The van der Waals surface area contributed by atoms with Crippen molar-refractivity contribution < 1.29 is 19.1 Å². The number of esters is 1. The Kier molecular flexibility index (Phi) is 5.08. The van der Waals surface area contributed by atoms with Gasteiger partial charge in [0.2, 0.25) is 5.78 Å². The molecule has 0 amide bonds. The predicted octanol–water partition coefficient (Wildman–Crippen LogP) is 5.23. The number of rotatable bonds is 4. The Morgan fingerprint density at radius 2 is 1.72 bits per heavy atom. The SMILES string of the molecule is Cc1cccc(/C=C2\Oc3cc(OC(=O)/C=C/c4ccccc4)ccc3C2=O)c1. The Labute approximate surface area is 168 Å². The maximum atomic E-state index is 12.6. The third-order valence-electron chi connectivity index (χ3n) is 4.41. The van der Waals surface area contributed by atoms with E-state index in [1.807, 2.05) is 61.5 Å². The Morgan fingerprint density at radius 3 is 2.52 bits per heavy atom. The second-order valence-electron chi connectivity index (χ2n) is 6.68. The predicted molar refractivity (Wildman–Crippen MR) is 112 cm³/mol. The van der Waals surface area contributed by atoms with E-state index in [9.17, 15) is 9.59 Å². The largest absolute Gasteiger partial charge is 0.452 e. The van der Waals surface area contributed by atoms with E-state index in [1.54, 1.807) is 30.4 Å². The Bertz CT molecular complexity index is 1140. The molecule has 0 fully saturated rings. The lowest BCUT2D eigenvalue weighted by Crippen LogP contribution is -2.03. The second kappa shape index (κ2) is 7.98. The summed E-state index contributed by atoms with van der Waals surface area (Å²) in [5.74, 6) is 0.248. The summed E-state index contributed by atoms with van der Waals surface area (Å²) in [6.45, 7) is 1.99. The zero-order valence-electron chi connectivity index (χ0n) is 15.8. The number of ketones is 1. The minimum atomic E-state index is -0.506. The molecule has 0 radical (unpaired) electrons. The topological polar surface area (TPSA) is 52.6 Å². The monoisotopic (exact) mass is 382 g/mol. The van der Waals surface area contributed by atoms with Gasteiger partial charge in [-0.2, -0.15) is 0 Å². The highest BCUT2D eigenvalue weighted by atomic mass is 16.5. The number of carbonyl (C=O) groups is 2. The van der Waals surface area contributed by atoms with Crippen molar-refractivity contribution in [3.8, 4) is 11.5 Å². The van der Waals surface area contributed by atoms with Crippen LogP contribution >= 0.6 is 0 Å². The zero-order valence-corrected chi connectivity index (χ0v) is 15.8. The minimum Gasteiger partial charge on any atom is -0.452 e. The van der Waals surface area contributed by atoms with E-state index in [4.69, 9.17) is 9.47 Å². The summed E-state index contributed by atoms with van der Waals surface area (Å²) in [5, 5.41) is 0. The Hall–Kier alpha value is -3.92. The van der Waals surface area contributed by atoms with Crippen LogP contribution in [0.4, 0.5) is 0 Å². The van der Waals surface area contributed by atoms with Crippen LogP contribution in [-0.4, -0.2) is 11.8 Å². The van der Waals surface area contributed by atoms with Gasteiger partial charge in [0.25, 0.3) is 0 Å². The molecule has 4 nitrogen and oxygen atoms in total. The highest BCUT2D eigenvalue weighted by molar-refractivity contribution is 6.14. The average Bonchev–Trinajstić information content (AvgIpc) is 3.02. The van der Waals surface area contributed by atoms with Crippen molar-refractivity contribution in [1.29, 1.82) is 0 Å². The highest BCUT2D eigenvalue weighted by Gasteiger charge is 2.27. The van der Waals surface area contributed by atoms with Crippen LogP contribution < -0.4 is 9.47 Å². The molecule has 3 aromatic carbocycles. The van der Waals surface area contributed by atoms with Gasteiger partial charge in [-0.1, -0.05) is 60.2 Å². The van der Waals surface area contributed by atoms with E-state index in [0.717, 1.165) is 16.7 Å². The van der Waals surface area contributed by atoms with Gasteiger partial charge >= 0.3 is 5.97 Å². The number of hydrogen-bond donors (Lipinski definition) is 0. The van der Waals surface area contributed by atoms with Crippen LogP contribution in [0.3, 0.4) is 0 Å². The number of Topliss-reactive ketones (excluding diaryl/α,β-unsaturated/α-hetero) is 1. The minimum absolute atomic E-state index is 0.191. The molecular weight excluding hydrogens is 364 g/mol. The van der Waals surface area contributed by atoms with Gasteiger partial charge in [0.05, 0.1) is 5.56 Å². The molecule has 0 N–H and O–H groups in total. The van der Waals surface area contributed by atoms with Gasteiger partial charge in [0.1, 0.15) is 11.5 Å². The van der Waals surface area contributed by atoms with Crippen molar-refractivity contribution in [3.05, 3.63) is 107 Å². The molecule has 0 aromatic heterocycles. The van der Waals surface area contributed by atoms with Gasteiger partial charge in [-0.3, -0.25) is 4.79 Å². The van der Waals surface area contributed by atoms with Gasteiger partial charge in [-0.25, -0.2) is 4.79 Å². The number of ether oxygens (including phenoxy) is 2. The molecule has 0 unspecified atom stereocenters. The zero-order chi connectivity index (χ0) is 20.2. The third-order valence-corrected chi connectivity index (χ3v) is 4.41. The summed E-state index contributed by atoms with van der Waals surface area (Å²) in [6.07, 6.45) is 4.75. The maximum Gasteiger partial charge on any atom is 0.336 e. The Morgan fingerprint density at radius 1 is 0.931 bits per heavy atom. The molecule has 0 spiro atoms. The van der Waals surface area contributed by atoms with E-state index in [0.29, 0.717) is 17.1 Å². The number of aryl methyl sites for hydroxylation is 1. The second-order valence-corrected chi connectivity index (χ2v) is 6.68. The van der Waals surface area contributed by atoms with Crippen LogP contribution in [0.5, 0.6) is 11.5 Å². The fourth-order valence-electron chi connectivity index (χ4n) is 3.02. The lowest BCUT2D eigenvalue weighted by Gasteiger charge is -2.03. The molecule has 4 rings (SSSR count). The molecule has 0 saturated heterocycles. The normalized spacial score (nSPS) is 14.1. The van der Waals surface area contributed by atoms with Crippen LogP contribution in [-0.2, 0) is 4.79 Å². The van der Waals surface area contributed by atoms with Gasteiger partial charge in [0, 0.05) is 12.1 Å². The fraction of sp³-hybridized carbons (Fsp3) is 0.0400. The third kappa shape index (κ3) is 4.33. The number of carbonyl (C=O) groups excluding carboxylic acids is 2. The van der Waals surface area contributed by atoms with E-state index in [1.165, 1.54) is 6.08 Å². The van der Waals surface area contributed by atoms with E-state index < -0.39 is 5.97 Å². The van der Waals surface area contributed by atoms with Crippen molar-refractivity contribution in [3.63, 3.8) is 0 Å². The molecule has 0 atom stereocenters. The first-order valence-corrected chi connectivity index (χ1v) is 9.18. The van der Waals surface area contributed by atoms with Gasteiger partial charge in [0.15, 0.2) is 5.76 Å². The van der Waals surface area contributed by atoms with E-state index in [2.05, 4.69) is 0 Å². The molecule has 29 heavy (non-hydrogen) atoms. The lowest BCUT2D eigenvalue weighted by molar-refractivity contribution is -0.128. The smallest absolute Gasteiger partial charge is 0.336 e. The molecular formula is C25H18O4. The van der Waals surface area contributed by atoms with Crippen LogP contribution in [0, 0.1) is 6.92 Å².